The van der Waals surface area contributed by atoms with Gasteiger partial charge < -0.3 is 5.32 Å². The van der Waals surface area contributed by atoms with Crippen molar-refractivity contribution in [2.75, 3.05) is 5.32 Å². The molecule has 0 bridgehead atoms. The minimum absolute atomic E-state index is 0.697. The molecule has 0 atom stereocenters. The summed E-state index contributed by atoms with van der Waals surface area (Å²) in [5.41, 5.74) is 1.99. The highest BCUT2D eigenvalue weighted by Crippen LogP contribution is 2.09. The van der Waals surface area contributed by atoms with Gasteiger partial charge in [0.2, 0.25) is 0 Å². The second-order valence-corrected chi connectivity index (χ2v) is 3.79. The van der Waals surface area contributed by atoms with Crippen molar-refractivity contribution in [3.63, 3.8) is 0 Å². The molecule has 0 amide bonds. The molecule has 0 radical (unpaired) electrons. The molecule has 18 heavy (non-hydrogen) atoms. The van der Waals surface area contributed by atoms with Crippen LogP contribution in [0.4, 0.5) is 5.69 Å². The van der Waals surface area contributed by atoms with Crippen molar-refractivity contribution in [3.8, 4) is 5.82 Å². The Morgan fingerprint density at radius 3 is 2.89 bits per heavy atom. The molecule has 2 N–H and O–H groups in total. The molecule has 0 aliphatic heterocycles. The highest BCUT2D eigenvalue weighted by Gasteiger charge is 1.99. The molecule has 0 saturated carbocycles. The minimum atomic E-state index is 0.697. The van der Waals surface area contributed by atoms with Crippen molar-refractivity contribution in [1.29, 1.82) is 0 Å². The third kappa shape index (κ3) is 2.22. The molecular weight excluding hydrogens is 228 g/mol. The fraction of sp³-hybridized carbons (Fsp3) is 0.0833. The van der Waals surface area contributed by atoms with E-state index < -0.39 is 0 Å². The molecule has 90 valence electrons. The first-order chi connectivity index (χ1) is 8.92. The van der Waals surface area contributed by atoms with Crippen molar-refractivity contribution in [1.82, 2.24) is 25.0 Å². The highest BCUT2D eigenvalue weighted by molar-refractivity contribution is 5.43. The number of nitrogens with one attached hydrogen (secondary N) is 2. The first-order valence-electron chi connectivity index (χ1n) is 5.60. The summed E-state index contributed by atoms with van der Waals surface area (Å²) < 4.78 is 1.72. The minimum Gasteiger partial charge on any atom is -0.378 e. The van der Waals surface area contributed by atoms with E-state index in [9.17, 15) is 0 Å². The van der Waals surface area contributed by atoms with E-state index in [0.717, 1.165) is 17.2 Å². The molecule has 6 nitrogen and oxygen atoms in total. The number of anilines is 1. The lowest BCUT2D eigenvalue weighted by molar-refractivity contribution is 0.846. The molecule has 0 aliphatic rings. The van der Waals surface area contributed by atoms with Gasteiger partial charge in [0.25, 0.3) is 0 Å². The predicted octanol–water partition coefficient (Wildman–Crippen LogP) is 1.60. The van der Waals surface area contributed by atoms with Crippen LogP contribution < -0.4 is 5.32 Å². The first kappa shape index (κ1) is 10.5. The quantitative estimate of drug-likeness (QED) is 0.726. The Hall–Kier alpha value is -2.63. The maximum atomic E-state index is 4.33. The lowest BCUT2D eigenvalue weighted by Crippen LogP contribution is -2.02. The van der Waals surface area contributed by atoms with E-state index in [4.69, 9.17) is 0 Å². The summed E-state index contributed by atoms with van der Waals surface area (Å²) in [4.78, 5) is 4.33. The molecular formula is C12H12N6. The standard InChI is InChI=1S/C12H12N6/c1-5-16-18(7-1)12-3-2-10(8-14-12)13-9-11-4-6-15-17-11/h1-8,13H,9H2,(H,15,17). The number of aromatic nitrogens is 5. The number of pyridine rings is 1. The zero-order valence-electron chi connectivity index (χ0n) is 9.61. The molecule has 3 aromatic rings. The Kier molecular flexibility index (Phi) is 2.75. The second kappa shape index (κ2) is 4.70. The van der Waals surface area contributed by atoms with Gasteiger partial charge in [-0.1, -0.05) is 0 Å². The molecule has 0 aromatic carbocycles. The number of nitrogens with zero attached hydrogens (tertiary/aromatic N) is 4. The van der Waals surface area contributed by atoms with E-state index in [2.05, 4.69) is 25.6 Å². The average Bonchev–Trinajstić information content (AvgIpc) is 3.10. The van der Waals surface area contributed by atoms with Gasteiger partial charge >= 0.3 is 0 Å². The Balaban J connectivity index is 1.68. The third-order valence-corrected chi connectivity index (χ3v) is 2.53. The first-order valence-corrected chi connectivity index (χ1v) is 5.60. The smallest absolute Gasteiger partial charge is 0.153 e. The van der Waals surface area contributed by atoms with Crippen molar-refractivity contribution in [2.24, 2.45) is 0 Å². The molecule has 0 unspecified atom stereocenters. The normalized spacial score (nSPS) is 10.4. The lowest BCUT2D eigenvalue weighted by atomic mass is 10.3. The van der Waals surface area contributed by atoms with Crippen LogP contribution in [0.15, 0.2) is 49.1 Å². The van der Waals surface area contributed by atoms with Gasteiger partial charge in [-0.25, -0.2) is 9.67 Å². The second-order valence-electron chi connectivity index (χ2n) is 3.79. The number of hydrogen-bond donors (Lipinski definition) is 2. The van der Waals surface area contributed by atoms with Crippen LogP contribution in [-0.2, 0) is 6.54 Å². The van der Waals surface area contributed by atoms with E-state index in [1.807, 2.05) is 30.5 Å². The maximum absolute atomic E-state index is 4.33. The Bertz CT molecular complexity index is 582. The molecule has 3 rings (SSSR count). The summed E-state index contributed by atoms with van der Waals surface area (Å²) in [6, 6.07) is 7.69. The Morgan fingerprint density at radius 1 is 1.22 bits per heavy atom. The summed E-state index contributed by atoms with van der Waals surface area (Å²) in [6.45, 7) is 0.697. The van der Waals surface area contributed by atoms with Crippen LogP contribution in [-0.4, -0.2) is 25.0 Å². The molecule has 0 fully saturated rings. The number of rotatable bonds is 4. The zero-order chi connectivity index (χ0) is 12.2. The highest BCUT2D eigenvalue weighted by atomic mass is 15.3. The predicted molar refractivity (Wildman–Crippen MR) is 67.3 cm³/mol. The van der Waals surface area contributed by atoms with Gasteiger partial charge in [0.1, 0.15) is 0 Å². The summed E-state index contributed by atoms with van der Waals surface area (Å²) >= 11 is 0. The van der Waals surface area contributed by atoms with E-state index >= 15 is 0 Å². The molecule has 6 heteroatoms. The summed E-state index contributed by atoms with van der Waals surface area (Å²) in [7, 11) is 0. The Labute approximate surface area is 104 Å². The van der Waals surface area contributed by atoms with Crippen LogP contribution in [0.1, 0.15) is 5.69 Å². The van der Waals surface area contributed by atoms with Crippen LogP contribution >= 0.6 is 0 Å². The van der Waals surface area contributed by atoms with Gasteiger partial charge in [0.15, 0.2) is 5.82 Å². The van der Waals surface area contributed by atoms with Crippen molar-refractivity contribution in [2.45, 2.75) is 6.54 Å². The summed E-state index contributed by atoms with van der Waals surface area (Å²) in [6.07, 6.45) is 7.11. The van der Waals surface area contributed by atoms with Crippen molar-refractivity contribution < 1.29 is 0 Å². The van der Waals surface area contributed by atoms with E-state index in [1.54, 1.807) is 23.3 Å². The molecule has 0 aliphatic carbocycles. The van der Waals surface area contributed by atoms with Crippen LogP contribution in [0, 0.1) is 0 Å². The van der Waals surface area contributed by atoms with Gasteiger partial charge in [-0.05, 0) is 24.3 Å². The number of H-pyrrole nitrogens is 1. The van der Waals surface area contributed by atoms with Crippen LogP contribution in [0.5, 0.6) is 0 Å². The van der Waals surface area contributed by atoms with E-state index in [0.29, 0.717) is 6.54 Å². The third-order valence-electron chi connectivity index (χ3n) is 2.53. The van der Waals surface area contributed by atoms with Crippen LogP contribution in [0.2, 0.25) is 0 Å². The molecule has 3 heterocycles. The molecule has 0 saturated heterocycles. The number of hydrogen-bond acceptors (Lipinski definition) is 4. The lowest BCUT2D eigenvalue weighted by Gasteiger charge is -2.05. The van der Waals surface area contributed by atoms with Gasteiger partial charge in [0, 0.05) is 18.6 Å². The molecule has 0 spiro atoms. The topological polar surface area (TPSA) is 71.4 Å². The number of aromatic amines is 1. The van der Waals surface area contributed by atoms with Crippen LogP contribution in [0.25, 0.3) is 5.82 Å². The summed E-state index contributed by atoms with van der Waals surface area (Å²) in [5.74, 6) is 0.798. The fourth-order valence-electron chi connectivity index (χ4n) is 1.61. The van der Waals surface area contributed by atoms with Gasteiger partial charge in [-0.15, -0.1) is 0 Å². The zero-order valence-corrected chi connectivity index (χ0v) is 9.61. The monoisotopic (exact) mass is 240 g/mol. The van der Waals surface area contributed by atoms with E-state index in [-0.39, 0.29) is 0 Å². The van der Waals surface area contributed by atoms with Crippen molar-refractivity contribution in [3.05, 3.63) is 54.7 Å². The largest absolute Gasteiger partial charge is 0.378 e. The Morgan fingerprint density at radius 2 is 2.22 bits per heavy atom. The van der Waals surface area contributed by atoms with Gasteiger partial charge in [-0.2, -0.15) is 10.2 Å². The van der Waals surface area contributed by atoms with Gasteiger partial charge in [0.05, 0.1) is 24.1 Å². The summed E-state index contributed by atoms with van der Waals surface area (Å²) in [5, 5.41) is 14.2. The van der Waals surface area contributed by atoms with Crippen molar-refractivity contribution >= 4 is 5.69 Å². The maximum Gasteiger partial charge on any atom is 0.153 e. The SMILES string of the molecule is c1cnn(-c2ccc(NCc3ccn[nH]3)cn2)c1. The van der Waals surface area contributed by atoms with Gasteiger partial charge in [-0.3, -0.25) is 5.10 Å². The average molecular weight is 240 g/mol. The molecule has 3 aromatic heterocycles. The van der Waals surface area contributed by atoms with E-state index in [1.165, 1.54) is 0 Å². The fourth-order valence-corrected chi connectivity index (χ4v) is 1.61. The van der Waals surface area contributed by atoms with Crippen LogP contribution in [0.3, 0.4) is 0 Å².